The molecule has 0 aliphatic rings. The number of rotatable bonds is 19. The standard InChI is InChI=1S/C31H36O15/c1-16(2)20(7)43-12-21(34)14-45-30(39)24-11-26(31(40)46-15-22(35)13-44-28(37)19(6)33)25(10-23(24)18(5)32)29(38)42-9-8-41-27(36)17(3)4/h10-11,21-22,34-35H,1,3,7-9,12-15H2,2,4-6H3. The van der Waals surface area contributed by atoms with Gasteiger partial charge in [0, 0.05) is 18.1 Å². The maximum atomic E-state index is 13.1. The third kappa shape index (κ3) is 12.8. The summed E-state index contributed by atoms with van der Waals surface area (Å²) in [4.78, 5) is 85.3. The second-order valence-electron chi connectivity index (χ2n) is 9.73. The number of Topliss-reactive ketones (excluding diaryl/α,β-unsaturated/α-hetero) is 2. The molecular formula is C31H36O15. The van der Waals surface area contributed by atoms with Crippen LogP contribution in [0.5, 0.6) is 0 Å². The number of hydrogen-bond acceptors (Lipinski definition) is 15. The molecule has 0 aliphatic heterocycles. The van der Waals surface area contributed by atoms with E-state index >= 15 is 0 Å². The minimum atomic E-state index is -1.59. The molecule has 0 heterocycles. The number of carbonyl (C=O) groups excluding carboxylic acids is 7. The monoisotopic (exact) mass is 648 g/mol. The largest absolute Gasteiger partial charge is 0.491 e. The summed E-state index contributed by atoms with van der Waals surface area (Å²) in [6, 6.07) is 1.71. The third-order valence-electron chi connectivity index (χ3n) is 5.53. The van der Waals surface area contributed by atoms with Gasteiger partial charge < -0.3 is 38.6 Å². The number of ether oxygens (including phenoxy) is 6. The number of ketones is 2. The van der Waals surface area contributed by atoms with Crippen molar-refractivity contribution in [3.8, 4) is 0 Å². The van der Waals surface area contributed by atoms with E-state index in [1.54, 1.807) is 6.92 Å². The first-order valence-corrected chi connectivity index (χ1v) is 13.5. The van der Waals surface area contributed by atoms with Gasteiger partial charge in [0.25, 0.3) is 0 Å². The maximum absolute atomic E-state index is 13.1. The highest BCUT2D eigenvalue weighted by atomic mass is 16.6. The molecule has 0 saturated heterocycles. The van der Waals surface area contributed by atoms with Crippen LogP contribution < -0.4 is 0 Å². The van der Waals surface area contributed by atoms with Crippen molar-refractivity contribution in [3.05, 3.63) is 71.0 Å². The smallest absolute Gasteiger partial charge is 0.374 e. The van der Waals surface area contributed by atoms with Gasteiger partial charge in [0.2, 0.25) is 5.78 Å². The predicted octanol–water partition coefficient (Wildman–Crippen LogP) is 1.44. The van der Waals surface area contributed by atoms with Crippen molar-refractivity contribution in [1.82, 2.24) is 0 Å². The lowest BCUT2D eigenvalue weighted by Crippen LogP contribution is -2.28. The van der Waals surface area contributed by atoms with Crippen molar-refractivity contribution < 1.29 is 72.2 Å². The average Bonchev–Trinajstić information content (AvgIpc) is 3.00. The van der Waals surface area contributed by atoms with Gasteiger partial charge in [0.05, 0.1) is 16.7 Å². The maximum Gasteiger partial charge on any atom is 0.374 e. The van der Waals surface area contributed by atoms with Crippen molar-refractivity contribution in [3.63, 3.8) is 0 Å². The predicted molar refractivity (Wildman–Crippen MR) is 157 cm³/mol. The quantitative estimate of drug-likeness (QED) is 0.0317. The molecule has 15 heteroatoms. The van der Waals surface area contributed by atoms with Gasteiger partial charge in [-0.25, -0.2) is 24.0 Å². The van der Waals surface area contributed by atoms with E-state index < -0.39 is 96.7 Å². The first-order chi connectivity index (χ1) is 21.5. The van der Waals surface area contributed by atoms with Gasteiger partial charge in [-0.1, -0.05) is 19.7 Å². The van der Waals surface area contributed by atoms with Gasteiger partial charge in [0.1, 0.15) is 57.6 Å². The molecule has 0 fully saturated rings. The topological polar surface area (TPSA) is 215 Å². The number of carbonyl (C=O) groups is 7. The van der Waals surface area contributed by atoms with Crippen LogP contribution in [0.15, 0.2) is 48.8 Å². The van der Waals surface area contributed by atoms with Crippen molar-refractivity contribution in [2.24, 2.45) is 0 Å². The molecule has 0 bridgehead atoms. The Morgan fingerprint density at radius 3 is 1.43 bits per heavy atom. The second kappa shape index (κ2) is 18.6. The van der Waals surface area contributed by atoms with E-state index in [9.17, 15) is 43.8 Å². The summed E-state index contributed by atoms with van der Waals surface area (Å²) in [5.74, 6) is -7.05. The van der Waals surface area contributed by atoms with E-state index in [0.717, 1.165) is 26.0 Å². The number of aliphatic hydroxyl groups excluding tert-OH is 2. The summed E-state index contributed by atoms with van der Waals surface area (Å²) in [6.45, 7) is 12.4. The fourth-order valence-electron chi connectivity index (χ4n) is 3.06. The zero-order valence-corrected chi connectivity index (χ0v) is 25.9. The van der Waals surface area contributed by atoms with Crippen LogP contribution in [0.1, 0.15) is 69.1 Å². The zero-order valence-electron chi connectivity index (χ0n) is 25.9. The van der Waals surface area contributed by atoms with E-state index in [1.807, 2.05) is 0 Å². The van der Waals surface area contributed by atoms with Gasteiger partial charge in [-0.05, 0) is 38.5 Å². The Morgan fingerprint density at radius 2 is 0.978 bits per heavy atom. The van der Waals surface area contributed by atoms with Crippen LogP contribution in [-0.2, 0) is 42.8 Å². The van der Waals surface area contributed by atoms with E-state index in [1.165, 1.54) is 6.92 Å². The zero-order chi connectivity index (χ0) is 35.1. The fraction of sp³-hybridized carbons (Fsp3) is 0.387. The molecule has 0 aromatic heterocycles. The average molecular weight is 649 g/mol. The van der Waals surface area contributed by atoms with Crippen LogP contribution in [0.2, 0.25) is 0 Å². The molecule has 46 heavy (non-hydrogen) atoms. The highest BCUT2D eigenvalue weighted by molar-refractivity contribution is 6.32. The van der Waals surface area contributed by atoms with Crippen LogP contribution in [0.3, 0.4) is 0 Å². The summed E-state index contributed by atoms with van der Waals surface area (Å²) in [5, 5.41) is 20.1. The van der Waals surface area contributed by atoms with Gasteiger partial charge >= 0.3 is 29.8 Å². The van der Waals surface area contributed by atoms with E-state index in [-0.39, 0.29) is 30.1 Å². The lowest BCUT2D eigenvalue weighted by Gasteiger charge is -2.17. The van der Waals surface area contributed by atoms with Crippen LogP contribution >= 0.6 is 0 Å². The van der Waals surface area contributed by atoms with Gasteiger partial charge in [-0.15, -0.1) is 0 Å². The molecular weight excluding hydrogens is 612 g/mol. The molecule has 1 rings (SSSR count). The molecule has 1 aromatic carbocycles. The first-order valence-electron chi connectivity index (χ1n) is 13.5. The number of hydrogen-bond donors (Lipinski definition) is 2. The fourth-order valence-corrected chi connectivity index (χ4v) is 3.06. The highest BCUT2D eigenvalue weighted by Crippen LogP contribution is 2.22. The molecule has 0 spiro atoms. The van der Waals surface area contributed by atoms with Crippen molar-refractivity contribution in [1.29, 1.82) is 0 Å². The number of allylic oxidation sites excluding steroid dienone is 1. The van der Waals surface area contributed by atoms with Crippen molar-refractivity contribution in [2.45, 2.75) is 39.9 Å². The van der Waals surface area contributed by atoms with Crippen LogP contribution in [-0.4, -0.2) is 103 Å². The SMILES string of the molecule is C=C(C)C(=C)OCC(O)COC(=O)c1cc(C(=O)OCC(O)COC(=O)C(C)=O)c(C(=O)OCCOC(=O)C(=C)C)cc1C(C)=O. The lowest BCUT2D eigenvalue weighted by molar-refractivity contribution is -0.155. The molecule has 0 aliphatic carbocycles. The van der Waals surface area contributed by atoms with Gasteiger partial charge in [-0.2, -0.15) is 0 Å². The Kier molecular flexibility index (Phi) is 15.7. The summed E-state index contributed by atoms with van der Waals surface area (Å²) in [7, 11) is 0. The second-order valence-corrected chi connectivity index (χ2v) is 9.73. The Morgan fingerprint density at radius 1 is 0.565 bits per heavy atom. The minimum Gasteiger partial charge on any atom is -0.491 e. The van der Waals surface area contributed by atoms with Crippen molar-refractivity contribution in [2.75, 3.05) is 39.6 Å². The highest BCUT2D eigenvalue weighted by Gasteiger charge is 2.28. The third-order valence-corrected chi connectivity index (χ3v) is 5.53. The normalized spacial score (nSPS) is 11.6. The molecule has 0 amide bonds. The molecule has 250 valence electrons. The van der Waals surface area contributed by atoms with E-state index in [0.29, 0.717) is 5.57 Å². The van der Waals surface area contributed by atoms with Crippen LogP contribution in [0, 0.1) is 0 Å². The molecule has 2 unspecified atom stereocenters. The number of benzene rings is 1. The molecule has 2 N–H and O–H groups in total. The Labute approximate surface area is 264 Å². The summed E-state index contributed by atoms with van der Waals surface area (Å²) < 4.78 is 29.8. The Bertz CT molecular complexity index is 1400. The molecule has 2 atom stereocenters. The van der Waals surface area contributed by atoms with E-state index in [2.05, 4.69) is 24.5 Å². The number of esters is 5. The summed E-state index contributed by atoms with van der Waals surface area (Å²) in [5.41, 5.74) is -1.38. The van der Waals surface area contributed by atoms with Crippen LogP contribution in [0.4, 0.5) is 0 Å². The van der Waals surface area contributed by atoms with Crippen LogP contribution in [0.25, 0.3) is 0 Å². The lowest BCUT2D eigenvalue weighted by atomic mass is 9.96. The number of aliphatic hydroxyl groups is 2. The van der Waals surface area contributed by atoms with Gasteiger partial charge in [-0.3, -0.25) is 9.59 Å². The molecule has 0 saturated carbocycles. The summed E-state index contributed by atoms with van der Waals surface area (Å²) >= 11 is 0. The molecule has 1 aromatic rings. The Balaban J connectivity index is 3.28. The Hall–Kier alpha value is -5.15. The molecule has 15 nitrogen and oxygen atoms in total. The minimum absolute atomic E-state index is 0.0977. The van der Waals surface area contributed by atoms with Crippen molar-refractivity contribution >= 4 is 41.4 Å². The molecule has 0 radical (unpaired) electrons. The van der Waals surface area contributed by atoms with E-state index in [4.69, 9.17) is 23.7 Å². The first kappa shape index (κ1) is 38.9. The van der Waals surface area contributed by atoms with Gasteiger partial charge in [0.15, 0.2) is 5.78 Å². The summed E-state index contributed by atoms with van der Waals surface area (Å²) in [6.07, 6.45) is -2.91.